The van der Waals surface area contributed by atoms with Crippen LogP contribution in [-0.4, -0.2) is 18.9 Å². The Hall–Kier alpha value is -1.32. The highest BCUT2D eigenvalue weighted by Gasteiger charge is 2.09. The lowest BCUT2D eigenvalue weighted by Gasteiger charge is -1.98. The molecule has 2 nitrogen and oxygen atoms in total. The number of halogens is 1. The highest BCUT2D eigenvalue weighted by Crippen LogP contribution is 2.02. The third-order valence-electron chi connectivity index (χ3n) is 1.26. The monoisotopic (exact) mass is 150 g/mol. The van der Waals surface area contributed by atoms with Gasteiger partial charge in [0, 0.05) is 0 Å². The molecule has 11 heavy (non-hydrogen) atoms. The summed E-state index contributed by atoms with van der Waals surface area (Å²) >= 11 is 0. The number of carboxylic acids is 1. The molecule has 0 spiro atoms. The van der Waals surface area contributed by atoms with Crippen LogP contribution in [0.15, 0.2) is 18.2 Å². The second-order valence-electron chi connectivity index (χ2n) is 2.01. The van der Waals surface area contributed by atoms with Gasteiger partial charge >= 0.3 is 5.97 Å². The van der Waals surface area contributed by atoms with Crippen molar-refractivity contribution < 1.29 is 14.3 Å². The van der Waals surface area contributed by atoms with E-state index in [1.807, 2.05) is 0 Å². The molecule has 0 bridgehead atoms. The van der Waals surface area contributed by atoms with Crippen molar-refractivity contribution in [3.63, 3.8) is 0 Å². The van der Waals surface area contributed by atoms with Gasteiger partial charge in [-0.3, -0.25) is 0 Å². The zero-order chi connectivity index (χ0) is 8.43. The van der Waals surface area contributed by atoms with E-state index in [1.54, 1.807) is 0 Å². The Bertz CT molecular complexity index is 298. The molecule has 0 atom stereocenters. The molecule has 0 aromatic heterocycles. The van der Waals surface area contributed by atoms with Crippen molar-refractivity contribution in [2.45, 2.75) is 0 Å². The first-order chi connectivity index (χ1) is 5.13. The van der Waals surface area contributed by atoms with Crippen LogP contribution in [0.25, 0.3) is 0 Å². The Morgan fingerprint density at radius 2 is 2.18 bits per heavy atom. The number of rotatable bonds is 1. The van der Waals surface area contributed by atoms with Crippen LogP contribution < -0.4 is 5.46 Å². The largest absolute Gasteiger partial charge is 0.478 e. The highest BCUT2D eigenvalue weighted by molar-refractivity contribution is 6.32. The number of carbonyl (C=O) groups is 1. The smallest absolute Gasteiger partial charge is 0.338 e. The summed E-state index contributed by atoms with van der Waals surface area (Å²) in [4.78, 5) is 10.3. The summed E-state index contributed by atoms with van der Waals surface area (Å²) in [6.07, 6.45) is 0. The van der Waals surface area contributed by atoms with Crippen LogP contribution in [-0.2, 0) is 0 Å². The maximum atomic E-state index is 12.7. The molecule has 1 aromatic carbocycles. The minimum absolute atomic E-state index is 0.148. The van der Waals surface area contributed by atoms with Crippen molar-refractivity contribution in [1.29, 1.82) is 0 Å². The van der Waals surface area contributed by atoms with Gasteiger partial charge in [0.15, 0.2) is 0 Å². The third-order valence-corrected chi connectivity index (χ3v) is 1.26. The molecule has 0 saturated heterocycles. The average Bonchev–Trinajstić information content (AvgIpc) is 1.94. The first kappa shape index (κ1) is 7.79. The molecule has 4 heteroatoms. The standard InChI is InChI=1S/C7H4BFO2/c8-5-3-1-2-4(6(5)9)7(10)11/h1-3H,(H,10,11). The normalized spacial score (nSPS) is 9.55. The number of carboxylic acid groups (broad SMARTS) is 1. The van der Waals surface area contributed by atoms with E-state index in [-0.39, 0.29) is 5.46 Å². The lowest BCUT2D eigenvalue weighted by molar-refractivity contribution is 0.0692. The van der Waals surface area contributed by atoms with E-state index in [4.69, 9.17) is 13.0 Å². The van der Waals surface area contributed by atoms with Gasteiger partial charge < -0.3 is 5.11 Å². The second kappa shape index (κ2) is 2.74. The topological polar surface area (TPSA) is 37.3 Å². The number of aromatic carboxylic acids is 1. The Balaban J connectivity index is 3.27. The number of hydrogen-bond donors (Lipinski definition) is 1. The zero-order valence-electron chi connectivity index (χ0n) is 5.54. The van der Waals surface area contributed by atoms with Gasteiger partial charge in [0.05, 0.1) is 5.56 Å². The summed E-state index contributed by atoms with van der Waals surface area (Å²) in [6.45, 7) is 0. The maximum Gasteiger partial charge on any atom is 0.338 e. The predicted octanol–water partition coefficient (Wildman–Crippen LogP) is 0.318. The minimum atomic E-state index is -1.31. The van der Waals surface area contributed by atoms with Crippen molar-refractivity contribution in [1.82, 2.24) is 0 Å². The summed E-state index contributed by atoms with van der Waals surface area (Å²) in [7, 11) is 5.12. The van der Waals surface area contributed by atoms with E-state index < -0.39 is 17.3 Å². The molecule has 0 aliphatic rings. The quantitative estimate of drug-likeness (QED) is 0.585. The summed E-state index contributed by atoms with van der Waals surface area (Å²) < 4.78 is 12.7. The molecule has 1 rings (SSSR count). The van der Waals surface area contributed by atoms with Crippen molar-refractivity contribution in [3.05, 3.63) is 29.6 Å². The first-order valence-electron chi connectivity index (χ1n) is 2.90. The van der Waals surface area contributed by atoms with E-state index in [0.717, 1.165) is 6.07 Å². The second-order valence-corrected chi connectivity index (χ2v) is 2.01. The maximum absolute atomic E-state index is 12.7. The van der Waals surface area contributed by atoms with Crippen LogP contribution in [0.1, 0.15) is 10.4 Å². The fraction of sp³-hybridized carbons (Fsp3) is 0. The van der Waals surface area contributed by atoms with Crippen LogP contribution in [0.5, 0.6) is 0 Å². The summed E-state index contributed by atoms with van der Waals surface area (Å²) in [5.74, 6) is -2.19. The summed E-state index contributed by atoms with van der Waals surface area (Å²) in [5, 5.41) is 8.39. The first-order valence-corrected chi connectivity index (χ1v) is 2.90. The van der Waals surface area contributed by atoms with Crippen molar-refractivity contribution in [2.75, 3.05) is 0 Å². The van der Waals surface area contributed by atoms with Crippen LogP contribution in [0.4, 0.5) is 4.39 Å². The van der Waals surface area contributed by atoms with Gasteiger partial charge in [0.25, 0.3) is 0 Å². The Kier molecular flexibility index (Phi) is 1.94. The van der Waals surface area contributed by atoms with Crippen molar-refractivity contribution in [3.8, 4) is 0 Å². The van der Waals surface area contributed by atoms with E-state index in [9.17, 15) is 9.18 Å². The molecule has 2 radical (unpaired) electrons. The highest BCUT2D eigenvalue weighted by atomic mass is 19.1. The van der Waals surface area contributed by atoms with Crippen LogP contribution in [0.3, 0.4) is 0 Å². The molecular formula is C7H4BFO2. The fourth-order valence-electron chi connectivity index (χ4n) is 0.715. The molecule has 1 aromatic rings. The molecule has 0 unspecified atom stereocenters. The fourth-order valence-corrected chi connectivity index (χ4v) is 0.715. The molecule has 0 heterocycles. The van der Waals surface area contributed by atoms with Crippen molar-refractivity contribution >= 4 is 19.3 Å². The molecule has 0 saturated carbocycles. The molecule has 0 fully saturated rings. The number of benzene rings is 1. The molecule has 0 aliphatic carbocycles. The van der Waals surface area contributed by atoms with Crippen molar-refractivity contribution in [2.24, 2.45) is 0 Å². The molecular weight excluding hydrogens is 146 g/mol. The van der Waals surface area contributed by atoms with E-state index in [1.165, 1.54) is 12.1 Å². The Morgan fingerprint density at radius 3 is 2.64 bits per heavy atom. The Labute approximate surface area is 64.1 Å². The SMILES string of the molecule is [B]c1cccc(C(=O)O)c1F. The minimum Gasteiger partial charge on any atom is -0.478 e. The van der Waals surface area contributed by atoms with E-state index in [0.29, 0.717) is 0 Å². The lowest BCUT2D eigenvalue weighted by Crippen LogP contribution is -2.13. The molecule has 0 amide bonds. The molecule has 54 valence electrons. The van der Waals surface area contributed by atoms with E-state index in [2.05, 4.69) is 0 Å². The van der Waals surface area contributed by atoms with Gasteiger partial charge in [0.1, 0.15) is 13.7 Å². The van der Waals surface area contributed by atoms with Crippen LogP contribution in [0, 0.1) is 5.82 Å². The van der Waals surface area contributed by atoms with Gasteiger partial charge in [-0.2, -0.15) is 0 Å². The Morgan fingerprint density at radius 1 is 1.55 bits per heavy atom. The molecule has 0 aliphatic heterocycles. The van der Waals surface area contributed by atoms with E-state index >= 15 is 0 Å². The van der Waals surface area contributed by atoms with Gasteiger partial charge in [-0.15, -0.1) is 0 Å². The van der Waals surface area contributed by atoms with Gasteiger partial charge in [-0.25, -0.2) is 9.18 Å². The summed E-state index contributed by atoms with van der Waals surface area (Å²) in [5.41, 5.74) is -0.546. The zero-order valence-corrected chi connectivity index (χ0v) is 5.54. The van der Waals surface area contributed by atoms with Crippen LogP contribution >= 0.6 is 0 Å². The van der Waals surface area contributed by atoms with Gasteiger partial charge in [-0.1, -0.05) is 17.6 Å². The molecule has 1 N–H and O–H groups in total. The predicted molar refractivity (Wildman–Crippen MR) is 38.7 cm³/mol. The van der Waals surface area contributed by atoms with Gasteiger partial charge in [0.2, 0.25) is 0 Å². The van der Waals surface area contributed by atoms with Gasteiger partial charge in [-0.05, 0) is 6.07 Å². The van der Waals surface area contributed by atoms with Crippen LogP contribution in [0.2, 0.25) is 0 Å². The number of hydrogen-bond acceptors (Lipinski definition) is 1. The third kappa shape index (κ3) is 1.39. The summed E-state index contributed by atoms with van der Waals surface area (Å²) in [6, 6.07) is 3.86. The lowest BCUT2D eigenvalue weighted by atomic mass is 9.93. The average molecular weight is 150 g/mol.